The number of anilines is 1. The summed E-state index contributed by atoms with van der Waals surface area (Å²) in [6.07, 6.45) is 0. The second-order valence-corrected chi connectivity index (χ2v) is 7.67. The van der Waals surface area contributed by atoms with Crippen molar-refractivity contribution < 1.29 is 0 Å². The first-order valence-corrected chi connectivity index (χ1v) is 9.31. The van der Waals surface area contributed by atoms with Crippen LogP contribution in [-0.2, 0) is 7.05 Å². The number of rotatable bonds is 5. The summed E-state index contributed by atoms with van der Waals surface area (Å²) >= 11 is 7.33. The fraction of sp³-hybridized carbons (Fsp3) is 0.353. The lowest BCUT2D eigenvalue weighted by Crippen LogP contribution is -2.15. The summed E-state index contributed by atoms with van der Waals surface area (Å²) in [5.41, 5.74) is 0.948. The number of nitrogens with zero attached hydrogens (tertiary/aromatic N) is 7. The Labute approximate surface area is 161 Å². The van der Waals surface area contributed by atoms with E-state index in [1.54, 1.807) is 0 Å². The van der Waals surface area contributed by atoms with Crippen LogP contribution in [0, 0.1) is 0 Å². The molecule has 0 radical (unpaired) electrons. The van der Waals surface area contributed by atoms with Gasteiger partial charge in [0.25, 0.3) is 0 Å². The summed E-state index contributed by atoms with van der Waals surface area (Å²) in [5, 5.41) is 10.6. The molecule has 0 aliphatic heterocycles. The highest BCUT2D eigenvalue weighted by molar-refractivity contribution is 7.99. The second-order valence-electron chi connectivity index (χ2n) is 6.30. The Balaban J connectivity index is 1.93. The van der Waals surface area contributed by atoms with Crippen LogP contribution in [0.4, 0.5) is 5.95 Å². The molecule has 0 amide bonds. The lowest BCUT2D eigenvalue weighted by molar-refractivity contribution is 0.712. The highest BCUT2D eigenvalue weighted by atomic mass is 35.5. The molecule has 0 fully saturated rings. The van der Waals surface area contributed by atoms with Gasteiger partial charge in [0.15, 0.2) is 11.0 Å². The zero-order valence-electron chi connectivity index (χ0n) is 15.3. The number of hydrogen-bond acceptors (Lipinski definition) is 7. The summed E-state index contributed by atoms with van der Waals surface area (Å²) in [5.74, 6) is 2.35. The number of benzene rings is 1. The van der Waals surface area contributed by atoms with Crippen LogP contribution in [0.1, 0.15) is 25.6 Å². The normalized spacial score (nSPS) is 11.2. The zero-order chi connectivity index (χ0) is 18.8. The minimum absolute atomic E-state index is 0.208. The molecule has 0 bridgehead atoms. The van der Waals surface area contributed by atoms with Crippen molar-refractivity contribution in [3.8, 4) is 11.4 Å². The van der Waals surface area contributed by atoms with Crippen LogP contribution in [-0.4, -0.2) is 43.8 Å². The third kappa shape index (κ3) is 3.96. The summed E-state index contributed by atoms with van der Waals surface area (Å²) < 4.78 is 1.92. The molecule has 0 aliphatic rings. The van der Waals surface area contributed by atoms with Crippen LogP contribution in [0.2, 0.25) is 5.02 Å². The molecular formula is C17H20ClN7S. The van der Waals surface area contributed by atoms with E-state index in [-0.39, 0.29) is 5.92 Å². The van der Waals surface area contributed by atoms with Gasteiger partial charge in [0.2, 0.25) is 11.1 Å². The van der Waals surface area contributed by atoms with Gasteiger partial charge in [0.05, 0.1) is 0 Å². The van der Waals surface area contributed by atoms with Gasteiger partial charge in [-0.2, -0.15) is 9.97 Å². The molecule has 0 saturated carbocycles. The van der Waals surface area contributed by atoms with Crippen LogP contribution in [0.3, 0.4) is 0 Å². The molecule has 3 rings (SSSR count). The van der Waals surface area contributed by atoms with Crippen LogP contribution in [0.25, 0.3) is 11.4 Å². The fourth-order valence-electron chi connectivity index (χ4n) is 2.20. The molecule has 0 aliphatic carbocycles. The lowest BCUT2D eigenvalue weighted by atomic mass is 10.2. The van der Waals surface area contributed by atoms with E-state index < -0.39 is 0 Å². The summed E-state index contributed by atoms with van der Waals surface area (Å²) in [6.45, 7) is 4.12. The fourth-order valence-corrected chi connectivity index (χ4v) is 3.06. The smallest absolute Gasteiger partial charge is 0.229 e. The molecule has 26 heavy (non-hydrogen) atoms. The van der Waals surface area contributed by atoms with E-state index in [4.69, 9.17) is 11.6 Å². The highest BCUT2D eigenvalue weighted by Crippen LogP contribution is 2.28. The number of aromatic nitrogens is 6. The van der Waals surface area contributed by atoms with Gasteiger partial charge in [0, 0.05) is 37.6 Å². The third-order valence-electron chi connectivity index (χ3n) is 3.66. The SMILES string of the molecule is CC(C)c1nc(Sc2nnc(-c3ccc(Cl)cc3)n2C)nc(N(C)C)n1. The minimum Gasteiger partial charge on any atom is -0.347 e. The van der Waals surface area contributed by atoms with E-state index in [1.807, 2.05) is 54.9 Å². The molecule has 3 aromatic rings. The Bertz CT molecular complexity index is 880. The quantitative estimate of drug-likeness (QED) is 0.659. The van der Waals surface area contributed by atoms with Crippen molar-refractivity contribution >= 4 is 29.3 Å². The maximum absolute atomic E-state index is 5.96. The van der Waals surface area contributed by atoms with Crippen LogP contribution >= 0.6 is 23.4 Å². The molecule has 0 N–H and O–H groups in total. The minimum atomic E-state index is 0.208. The van der Waals surface area contributed by atoms with Crippen molar-refractivity contribution in [2.75, 3.05) is 19.0 Å². The summed E-state index contributed by atoms with van der Waals surface area (Å²) in [6, 6.07) is 7.51. The third-order valence-corrected chi connectivity index (χ3v) is 4.81. The van der Waals surface area contributed by atoms with E-state index in [0.717, 1.165) is 17.2 Å². The van der Waals surface area contributed by atoms with Gasteiger partial charge in [-0.25, -0.2) is 4.98 Å². The van der Waals surface area contributed by atoms with Crippen LogP contribution < -0.4 is 4.90 Å². The maximum atomic E-state index is 5.96. The largest absolute Gasteiger partial charge is 0.347 e. The first-order valence-electron chi connectivity index (χ1n) is 8.11. The van der Waals surface area contributed by atoms with Crippen molar-refractivity contribution in [3.63, 3.8) is 0 Å². The molecule has 7 nitrogen and oxygen atoms in total. The topological polar surface area (TPSA) is 72.6 Å². The van der Waals surface area contributed by atoms with Gasteiger partial charge >= 0.3 is 0 Å². The highest BCUT2D eigenvalue weighted by Gasteiger charge is 2.16. The van der Waals surface area contributed by atoms with Crippen LogP contribution in [0.15, 0.2) is 34.6 Å². The molecule has 0 spiro atoms. The number of halogens is 1. The van der Waals surface area contributed by atoms with Gasteiger partial charge in [0.1, 0.15) is 5.82 Å². The molecule has 2 aromatic heterocycles. The van der Waals surface area contributed by atoms with Crippen molar-refractivity contribution in [1.82, 2.24) is 29.7 Å². The van der Waals surface area contributed by atoms with Gasteiger partial charge < -0.3 is 9.47 Å². The Morgan fingerprint density at radius 1 is 1.04 bits per heavy atom. The molecule has 1 aromatic carbocycles. The van der Waals surface area contributed by atoms with Gasteiger partial charge in [-0.1, -0.05) is 25.4 Å². The predicted octanol–water partition coefficient (Wildman–Crippen LogP) is 3.66. The van der Waals surface area contributed by atoms with Gasteiger partial charge in [-0.3, -0.25) is 0 Å². The Morgan fingerprint density at radius 2 is 1.73 bits per heavy atom. The van der Waals surface area contributed by atoms with E-state index in [1.165, 1.54) is 11.8 Å². The monoisotopic (exact) mass is 389 g/mol. The first kappa shape index (κ1) is 18.6. The Morgan fingerprint density at radius 3 is 2.35 bits per heavy atom. The summed E-state index contributed by atoms with van der Waals surface area (Å²) in [4.78, 5) is 15.4. The van der Waals surface area contributed by atoms with Crippen LogP contribution in [0.5, 0.6) is 0 Å². The molecule has 136 valence electrons. The zero-order valence-corrected chi connectivity index (χ0v) is 16.9. The molecule has 9 heteroatoms. The maximum Gasteiger partial charge on any atom is 0.229 e. The van der Waals surface area contributed by atoms with Gasteiger partial charge in [-0.05, 0) is 36.0 Å². The molecule has 0 unspecified atom stereocenters. The molecular weight excluding hydrogens is 370 g/mol. The van der Waals surface area contributed by atoms with Crippen molar-refractivity contribution in [1.29, 1.82) is 0 Å². The summed E-state index contributed by atoms with van der Waals surface area (Å²) in [7, 11) is 5.74. The average molecular weight is 390 g/mol. The van der Waals surface area contributed by atoms with Crippen molar-refractivity contribution in [2.45, 2.75) is 30.1 Å². The van der Waals surface area contributed by atoms with E-state index in [9.17, 15) is 0 Å². The molecule has 0 saturated heterocycles. The molecule has 2 heterocycles. The second kappa shape index (κ2) is 7.59. The van der Waals surface area contributed by atoms with E-state index in [0.29, 0.717) is 21.3 Å². The lowest BCUT2D eigenvalue weighted by Gasteiger charge is -2.13. The molecule has 0 atom stereocenters. The van der Waals surface area contributed by atoms with Gasteiger partial charge in [-0.15, -0.1) is 10.2 Å². The first-order chi connectivity index (χ1) is 12.3. The van der Waals surface area contributed by atoms with Crippen molar-refractivity contribution in [3.05, 3.63) is 35.1 Å². The predicted molar refractivity (Wildman–Crippen MR) is 104 cm³/mol. The Hall–Kier alpha value is -2.19. The Kier molecular flexibility index (Phi) is 5.43. The van der Waals surface area contributed by atoms with E-state index in [2.05, 4.69) is 39.0 Å². The van der Waals surface area contributed by atoms with Crippen molar-refractivity contribution in [2.24, 2.45) is 7.05 Å². The van der Waals surface area contributed by atoms with E-state index >= 15 is 0 Å². The standard InChI is InChI=1S/C17H20ClN7S/c1-10(2)13-19-15(24(3)4)21-16(20-13)26-17-23-22-14(25(17)5)11-6-8-12(18)9-7-11/h6-10H,1-5H3. The number of hydrogen-bond donors (Lipinski definition) is 0. The average Bonchev–Trinajstić information content (AvgIpc) is 2.96.